The van der Waals surface area contributed by atoms with Gasteiger partial charge >= 0.3 is 0 Å². The number of rotatable bonds is 2. The van der Waals surface area contributed by atoms with Gasteiger partial charge < -0.3 is 9.64 Å². The molecule has 0 aromatic heterocycles. The van der Waals surface area contributed by atoms with E-state index in [0.717, 1.165) is 17.3 Å². The minimum atomic E-state index is 0.196. The predicted octanol–water partition coefficient (Wildman–Crippen LogP) is 1.79. The van der Waals surface area contributed by atoms with Gasteiger partial charge in [-0.05, 0) is 12.7 Å². The molecule has 0 fully saturated rings. The van der Waals surface area contributed by atoms with Gasteiger partial charge in [0.1, 0.15) is 6.23 Å². The summed E-state index contributed by atoms with van der Waals surface area (Å²) < 4.78 is 5.38. The van der Waals surface area contributed by atoms with Crippen molar-refractivity contribution in [2.45, 2.75) is 32.5 Å². The summed E-state index contributed by atoms with van der Waals surface area (Å²) in [6, 6.07) is 0.384. The lowest BCUT2D eigenvalue weighted by Gasteiger charge is -2.34. The van der Waals surface area contributed by atoms with Crippen LogP contribution in [0, 0.1) is 0 Å². The fraction of sp³-hybridized carbons (Fsp3) is 0.889. The molecule has 2 atom stereocenters. The Balaban J connectivity index is 2.68. The van der Waals surface area contributed by atoms with Crippen molar-refractivity contribution in [3.8, 4) is 0 Å². The van der Waals surface area contributed by atoms with Crippen LogP contribution in [0.5, 0.6) is 0 Å². The third kappa shape index (κ3) is 2.61. The summed E-state index contributed by atoms with van der Waals surface area (Å²) in [5, 5.41) is 1.10. The summed E-state index contributed by atoms with van der Waals surface area (Å²) in [7, 11) is 3.80. The Morgan fingerprint density at radius 2 is 2.38 bits per heavy atom. The van der Waals surface area contributed by atoms with E-state index in [4.69, 9.17) is 4.74 Å². The Morgan fingerprint density at radius 1 is 1.69 bits per heavy atom. The highest BCUT2D eigenvalue weighted by Crippen LogP contribution is 2.21. The van der Waals surface area contributed by atoms with Crippen LogP contribution in [-0.4, -0.2) is 42.2 Å². The van der Waals surface area contributed by atoms with Crippen LogP contribution < -0.4 is 0 Å². The first-order chi connectivity index (χ1) is 6.19. The minimum Gasteiger partial charge on any atom is -0.361 e. The summed E-state index contributed by atoms with van der Waals surface area (Å²) in [5.41, 5.74) is 0. The summed E-state index contributed by atoms with van der Waals surface area (Å²) in [4.78, 5) is 6.70. The van der Waals surface area contributed by atoms with Crippen molar-refractivity contribution in [1.29, 1.82) is 0 Å². The summed E-state index contributed by atoms with van der Waals surface area (Å²) >= 11 is 1.78. The second-order valence-corrected chi connectivity index (χ2v) is 4.46. The number of ether oxygens (including phenoxy) is 1. The maximum absolute atomic E-state index is 5.38. The van der Waals surface area contributed by atoms with Gasteiger partial charge in [-0.2, -0.15) is 0 Å². The van der Waals surface area contributed by atoms with Crippen LogP contribution in [0.3, 0.4) is 0 Å². The van der Waals surface area contributed by atoms with Crippen molar-refractivity contribution in [1.82, 2.24) is 4.90 Å². The van der Waals surface area contributed by atoms with Crippen LogP contribution in [0.2, 0.25) is 0 Å². The molecule has 1 rings (SSSR count). The molecule has 0 aliphatic carbocycles. The number of thioether (sulfide) groups is 1. The first-order valence-corrected chi connectivity index (χ1v) is 5.63. The van der Waals surface area contributed by atoms with Crippen molar-refractivity contribution in [2.24, 2.45) is 4.99 Å². The van der Waals surface area contributed by atoms with Gasteiger partial charge in [0.05, 0.1) is 6.04 Å². The lowest BCUT2D eigenvalue weighted by atomic mass is 10.2. The van der Waals surface area contributed by atoms with Gasteiger partial charge in [-0.3, -0.25) is 4.99 Å². The van der Waals surface area contributed by atoms with Crippen molar-refractivity contribution >= 4 is 16.9 Å². The molecule has 4 heteroatoms. The molecule has 1 aliphatic heterocycles. The zero-order chi connectivity index (χ0) is 9.84. The van der Waals surface area contributed by atoms with Gasteiger partial charge in [-0.25, -0.2) is 0 Å². The van der Waals surface area contributed by atoms with Crippen LogP contribution in [0.25, 0.3) is 0 Å². The van der Waals surface area contributed by atoms with E-state index in [1.165, 1.54) is 0 Å². The Bertz CT molecular complexity index is 196. The van der Waals surface area contributed by atoms with Crippen LogP contribution in [0.1, 0.15) is 20.3 Å². The van der Waals surface area contributed by atoms with Gasteiger partial charge in [0.2, 0.25) is 0 Å². The third-order valence-corrected chi connectivity index (χ3v) is 3.09. The largest absolute Gasteiger partial charge is 0.361 e. The zero-order valence-electron chi connectivity index (χ0n) is 8.78. The molecule has 2 unspecified atom stereocenters. The number of hydrogen-bond acceptors (Lipinski definition) is 4. The summed E-state index contributed by atoms with van der Waals surface area (Å²) in [6.07, 6.45) is 1.18. The lowest BCUT2D eigenvalue weighted by molar-refractivity contribution is 0.00525. The highest BCUT2D eigenvalue weighted by atomic mass is 32.2. The van der Waals surface area contributed by atoms with E-state index in [2.05, 4.69) is 23.7 Å². The van der Waals surface area contributed by atoms with Crippen molar-refractivity contribution in [2.75, 3.05) is 19.9 Å². The molecular weight excluding hydrogens is 184 g/mol. The molecule has 0 spiro atoms. The number of methoxy groups -OCH3 is 1. The van der Waals surface area contributed by atoms with Crippen LogP contribution in [0.4, 0.5) is 0 Å². The fourth-order valence-corrected chi connectivity index (χ4v) is 2.26. The van der Waals surface area contributed by atoms with Gasteiger partial charge in [-0.1, -0.05) is 18.7 Å². The summed E-state index contributed by atoms with van der Waals surface area (Å²) in [5.74, 6) is 1.06. The molecular formula is C9H18N2OS. The molecule has 0 radical (unpaired) electrons. The molecule has 13 heavy (non-hydrogen) atoms. The SMILES string of the molecule is CCSC1=NC(C)CC(OC)N1C. The molecule has 0 amide bonds. The summed E-state index contributed by atoms with van der Waals surface area (Å²) in [6.45, 7) is 4.28. The first-order valence-electron chi connectivity index (χ1n) is 4.65. The molecule has 0 aromatic rings. The number of aliphatic imine (C=N–C) groups is 1. The highest BCUT2D eigenvalue weighted by Gasteiger charge is 2.25. The molecule has 3 nitrogen and oxygen atoms in total. The molecule has 0 N–H and O–H groups in total. The van der Waals surface area contributed by atoms with E-state index in [1.807, 2.05) is 7.05 Å². The van der Waals surface area contributed by atoms with E-state index in [0.29, 0.717) is 6.04 Å². The molecule has 1 heterocycles. The Morgan fingerprint density at radius 3 is 2.92 bits per heavy atom. The Labute approximate surface area is 84.5 Å². The van der Waals surface area contributed by atoms with Crippen molar-refractivity contribution in [3.05, 3.63) is 0 Å². The van der Waals surface area contributed by atoms with Crippen LogP contribution >= 0.6 is 11.8 Å². The minimum absolute atomic E-state index is 0.196. The monoisotopic (exact) mass is 202 g/mol. The molecule has 0 aromatic carbocycles. The molecule has 1 aliphatic rings. The number of amidine groups is 1. The van der Waals surface area contributed by atoms with Gasteiger partial charge in [0.25, 0.3) is 0 Å². The van der Waals surface area contributed by atoms with Gasteiger partial charge in [0.15, 0.2) is 5.17 Å². The van der Waals surface area contributed by atoms with Crippen molar-refractivity contribution < 1.29 is 4.74 Å². The third-order valence-electron chi connectivity index (χ3n) is 2.15. The van der Waals surface area contributed by atoms with E-state index in [9.17, 15) is 0 Å². The normalized spacial score (nSPS) is 28.9. The molecule has 0 saturated carbocycles. The second kappa shape index (κ2) is 4.86. The van der Waals surface area contributed by atoms with E-state index in [1.54, 1.807) is 18.9 Å². The lowest BCUT2D eigenvalue weighted by Crippen LogP contribution is -2.42. The predicted molar refractivity (Wildman–Crippen MR) is 58.2 cm³/mol. The number of hydrogen-bond donors (Lipinski definition) is 0. The highest BCUT2D eigenvalue weighted by molar-refractivity contribution is 8.13. The van der Waals surface area contributed by atoms with Crippen LogP contribution in [-0.2, 0) is 4.74 Å². The fourth-order valence-electron chi connectivity index (χ4n) is 1.43. The molecule has 0 bridgehead atoms. The second-order valence-electron chi connectivity index (χ2n) is 3.23. The Kier molecular flexibility index (Phi) is 4.06. The average Bonchev–Trinajstić information content (AvgIpc) is 2.11. The molecule has 76 valence electrons. The maximum atomic E-state index is 5.38. The average molecular weight is 202 g/mol. The standard InChI is InChI=1S/C9H18N2OS/c1-5-13-9-10-7(2)6-8(12-4)11(9)3/h7-8H,5-6H2,1-4H3. The van der Waals surface area contributed by atoms with E-state index >= 15 is 0 Å². The first kappa shape index (κ1) is 10.9. The van der Waals surface area contributed by atoms with Gasteiger partial charge in [0, 0.05) is 20.6 Å². The topological polar surface area (TPSA) is 24.8 Å². The van der Waals surface area contributed by atoms with Gasteiger partial charge in [-0.15, -0.1) is 0 Å². The quantitative estimate of drug-likeness (QED) is 0.682. The zero-order valence-corrected chi connectivity index (χ0v) is 9.60. The van der Waals surface area contributed by atoms with E-state index < -0.39 is 0 Å². The Hall–Kier alpha value is -0.220. The molecule has 0 saturated heterocycles. The number of nitrogens with zero attached hydrogens (tertiary/aromatic N) is 2. The van der Waals surface area contributed by atoms with E-state index in [-0.39, 0.29) is 6.23 Å². The maximum Gasteiger partial charge on any atom is 0.161 e. The smallest absolute Gasteiger partial charge is 0.161 e. The van der Waals surface area contributed by atoms with Crippen LogP contribution in [0.15, 0.2) is 4.99 Å². The van der Waals surface area contributed by atoms with Crippen molar-refractivity contribution in [3.63, 3.8) is 0 Å².